The number of aliphatic carboxylic acids is 2. The van der Waals surface area contributed by atoms with Crippen LogP contribution in [0.25, 0.3) is 10.9 Å². The predicted octanol–water partition coefficient (Wildman–Crippen LogP) is -4.26. The lowest BCUT2D eigenvalue weighted by molar-refractivity contribution is -0.146. The van der Waals surface area contributed by atoms with Crippen molar-refractivity contribution in [2.75, 3.05) is 24.7 Å². The number of benzene rings is 1. The van der Waals surface area contributed by atoms with Gasteiger partial charge in [-0.05, 0) is 24.5 Å². The second-order valence-electron chi connectivity index (χ2n) is 12.8. The van der Waals surface area contributed by atoms with Gasteiger partial charge in [0.1, 0.15) is 42.3 Å². The average molecular weight is 824 g/mol. The summed E-state index contributed by atoms with van der Waals surface area (Å²) in [6, 6.07) is -3.33. The zero-order valence-corrected chi connectivity index (χ0v) is 31.6. The minimum absolute atomic E-state index is 0.0176. The van der Waals surface area contributed by atoms with Gasteiger partial charge >= 0.3 is 11.9 Å². The quantitative estimate of drug-likeness (QED) is 0.0531. The van der Waals surface area contributed by atoms with Crippen LogP contribution in [0.2, 0.25) is 0 Å². The molecule has 1 saturated heterocycles. The first-order valence-electron chi connectivity index (χ1n) is 17.2. The number of carbonyl (C=O) groups excluding carboxylic acids is 7. The van der Waals surface area contributed by atoms with Crippen molar-refractivity contribution in [3.8, 4) is 0 Å². The van der Waals surface area contributed by atoms with Crippen molar-refractivity contribution in [3.63, 3.8) is 0 Å². The monoisotopic (exact) mass is 823 g/mol. The van der Waals surface area contributed by atoms with E-state index in [-0.39, 0.29) is 37.3 Å². The summed E-state index contributed by atoms with van der Waals surface area (Å²) in [5.41, 5.74) is 12.1. The zero-order chi connectivity index (χ0) is 41.7. The summed E-state index contributed by atoms with van der Waals surface area (Å²) in [4.78, 5) is 119. The second-order valence-corrected chi connectivity index (χ2v) is 13.6. The fourth-order valence-corrected chi connectivity index (χ4v) is 6.35. The Balaban J connectivity index is 1.90. The van der Waals surface area contributed by atoms with Gasteiger partial charge in [-0.1, -0.05) is 18.2 Å². The molecular formula is C33H45N9O12S2. The molecule has 306 valence electrons. The first-order chi connectivity index (χ1) is 26.5. The van der Waals surface area contributed by atoms with E-state index in [2.05, 4.69) is 56.8 Å². The number of primary amides is 1. The fraction of sp³-hybridized carbons (Fsp3) is 0.485. The largest absolute Gasteiger partial charge is 0.481 e. The van der Waals surface area contributed by atoms with E-state index in [0.29, 0.717) is 16.5 Å². The number of nitrogens with two attached hydrogens (primary N) is 2. The second kappa shape index (κ2) is 21.1. The van der Waals surface area contributed by atoms with E-state index in [4.69, 9.17) is 11.5 Å². The molecule has 1 fully saturated rings. The number of hydrogen-bond donors (Lipinski definition) is 13. The molecule has 1 aromatic heterocycles. The molecule has 1 aliphatic heterocycles. The van der Waals surface area contributed by atoms with Crippen LogP contribution in [-0.4, -0.2) is 145 Å². The van der Waals surface area contributed by atoms with Crippen LogP contribution in [0.5, 0.6) is 0 Å². The fourth-order valence-electron chi connectivity index (χ4n) is 5.84. The zero-order valence-electron chi connectivity index (χ0n) is 29.8. The molecule has 56 heavy (non-hydrogen) atoms. The number of nitrogens with zero attached hydrogens (tertiary/aromatic N) is 1. The Kier molecular flexibility index (Phi) is 16.9. The molecule has 21 nitrogen and oxygen atoms in total. The normalized spacial score (nSPS) is 17.0. The lowest BCUT2D eigenvalue weighted by Gasteiger charge is -2.30. The molecule has 0 radical (unpaired) electrons. The highest BCUT2D eigenvalue weighted by Gasteiger charge is 2.40. The summed E-state index contributed by atoms with van der Waals surface area (Å²) in [6.07, 6.45) is 0.146. The smallest absolute Gasteiger partial charge is 0.327 e. The molecule has 2 aromatic rings. The minimum atomic E-state index is -1.70. The highest BCUT2D eigenvalue weighted by molar-refractivity contribution is 7.80. The van der Waals surface area contributed by atoms with Gasteiger partial charge in [-0.2, -0.15) is 25.3 Å². The first-order valence-corrected chi connectivity index (χ1v) is 18.5. The summed E-state index contributed by atoms with van der Waals surface area (Å²) in [6.45, 7) is -0.804. The van der Waals surface area contributed by atoms with Crippen LogP contribution in [-0.2, 0) is 49.6 Å². The van der Waals surface area contributed by atoms with Crippen molar-refractivity contribution in [2.45, 2.75) is 74.4 Å². The average Bonchev–Trinajstić information content (AvgIpc) is 3.81. The molecule has 23 heteroatoms. The van der Waals surface area contributed by atoms with E-state index in [9.17, 15) is 58.5 Å². The number of H-pyrrole nitrogens is 1. The van der Waals surface area contributed by atoms with Crippen molar-refractivity contribution in [2.24, 2.45) is 11.5 Å². The van der Waals surface area contributed by atoms with Crippen LogP contribution >= 0.6 is 25.3 Å². The number of fused-ring (bicyclic) bond motifs is 1. The molecular weight excluding hydrogens is 779 g/mol. The molecule has 0 saturated carbocycles. The van der Waals surface area contributed by atoms with Gasteiger partial charge in [-0.15, -0.1) is 0 Å². The Labute approximate surface area is 330 Å². The van der Waals surface area contributed by atoms with Gasteiger partial charge in [0.25, 0.3) is 0 Å². The number of thiol groups is 2. The van der Waals surface area contributed by atoms with Crippen molar-refractivity contribution < 1.29 is 58.5 Å². The standard InChI is InChI=1S/C33H45N9O12S2/c34-17(12-43)27(47)39-21(10-26(45)46)32(52)42-7-3-6-24(42)31(51)38-19(8-15-11-36-18-5-2-1-4-16(15)18)28(48)37-20(9-25(35)44)29(49)40-22(13-55)30(50)41-23(14-56)33(53)54/h1-2,4-5,11,17,19-24,36,43,55-56H,3,6-10,12-14,34H2,(H2,35,44)(H,37,48)(H,38,51)(H,39,47)(H,40,49)(H,41,50)(H,45,46)(H,53,54)/t17-,19-,20-,21-,22-,23-,24-/m0/s1. The molecule has 7 amide bonds. The highest BCUT2D eigenvalue weighted by Crippen LogP contribution is 2.22. The van der Waals surface area contributed by atoms with E-state index in [1.54, 1.807) is 30.5 Å². The van der Waals surface area contributed by atoms with Crippen LogP contribution in [0.3, 0.4) is 0 Å². The molecule has 0 unspecified atom stereocenters. The number of aromatic amines is 1. The Morgan fingerprint density at radius 1 is 0.804 bits per heavy atom. The molecule has 0 aliphatic carbocycles. The number of carboxylic acids is 2. The molecule has 3 rings (SSSR count). The summed E-state index contributed by atoms with van der Waals surface area (Å²) in [7, 11) is 0. The van der Waals surface area contributed by atoms with Gasteiger partial charge in [0.15, 0.2) is 0 Å². The summed E-state index contributed by atoms with van der Waals surface area (Å²) in [5, 5.41) is 40.3. The Morgan fingerprint density at radius 3 is 2.00 bits per heavy atom. The third-order valence-corrected chi connectivity index (χ3v) is 9.48. The van der Waals surface area contributed by atoms with E-state index in [0.717, 1.165) is 4.90 Å². The maximum atomic E-state index is 14.0. The van der Waals surface area contributed by atoms with Gasteiger partial charge in [-0.3, -0.25) is 38.4 Å². The van der Waals surface area contributed by atoms with E-state index in [1.165, 1.54) is 0 Å². The Morgan fingerprint density at radius 2 is 1.39 bits per heavy atom. The first kappa shape index (κ1) is 45.0. The van der Waals surface area contributed by atoms with Crippen molar-refractivity contribution in [3.05, 3.63) is 36.0 Å². The molecule has 2 heterocycles. The van der Waals surface area contributed by atoms with Crippen LogP contribution < -0.4 is 38.1 Å². The van der Waals surface area contributed by atoms with Gasteiger partial charge in [0, 0.05) is 41.6 Å². The van der Waals surface area contributed by atoms with Crippen LogP contribution in [0.15, 0.2) is 30.5 Å². The molecule has 1 aliphatic rings. The van der Waals surface area contributed by atoms with Gasteiger partial charge in [0.05, 0.1) is 19.4 Å². The number of hydrogen-bond acceptors (Lipinski definition) is 13. The van der Waals surface area contributed by atoms with Gasteiger partial charge < -0.3 is 63.3 Å². The van der Waals surface area contributed by atoms with Gasteiger partial charge in [0.2, 0.25) is 41.4 Å². The molecule has 0 bridgehead atoms. The van der Waals surface area contributed by atoms with E-state index >= 15 is 0 Å². The number of rotatable bonds is 21. The predicted molar refractivity (Wildman–Crippen MR) is 203 cm³/mol. The third kappa shape index (κ3) is 12.3. The van der Waals surface area contributed by atoms with E-state index < -0.39 is 115 Å². The van der Waals surface area contributed by atoms with Crippen LogP contribution in [0, 0.1) is 0 Å². The number of amides is 7. The summed E-state index contributed by atoms with van der Waals surface area (Å²) < 4.78 is 0. The van der Waals surface area contributed by atoms with Crippen molar-refractivity contribution >= 4 is 89.4 Å². The molecule has 0 spiro atoms. The number of aromatic nitrogens is 1. The molecule has 13 N–H and O–H groups in total. The maximum Gasteiger partial charge on any atom is 0.327 e. The molecule has 7 atom stereocenters. The van der Waals surface area contributed by atoms with Crippen LogP contribution in [0.1, 0.15) is 31.2 Å². The lowest BCUT2D eigenvalue weighted by Crippen LogP contribution is -2.60. The maximum absolute atomic E-state index is 14.0. The number of nitrogens with one attached hydrogen (secondary N) is 6. The number of carboxylic acid groups (broad SMARTS) is 2. The minimum Gasteiger partial charge on any atom is -0.481 e. The van der Waals surface area contributed by atoms with Crippen molar-refractivity contribution in [1.29, 1.82) is 0 Å². The van der Waals surface area contributed by atoms with E-state index in [1.807, 2.05) is 0 Å². The Hall–Kier alpha value is -5.39. The third-order valence-electron chi connectivity index (χ3n) is 8.75. The Bertz CT molecular complexity index is 1810. The number of aliphatic hydroxyl groups excluding tert-OH is 1. The number of carbonyl (C=O) groups is 9. The number of aliphatic hydroxyl groups is 1. The SMILES string of the molecule is NC(=O)C[C@H](NC(=O)[C@H](Cc1c[nH]c2ccccc12)NC(=O)[C@@H]1CCCN1C(=O)[C@H](CC(=O)O)NC(=O)[C@@H](N)CO)C(=O)N[C@@H](CS)C(=O)N[C@@H](CS)C(=O)O. The summed E-state index contributed by atoms with van der Waals surface area (Å²) >= 11 is 7.93. The highest BCUT2D eigenvalue weighted by atomic mass is 32.1. The van der Waals surface area contributed by atoms with Gasteiger partial charge in [-0.25, -0.2) is 4.79 Å². The van der Waals surface area contributed by atoms with Crippen LogP contribution in [0.4, 0.5) is 0 Å². The number of para-hydroxylation sites is 1. The topological polar surface area (TPSA) is 346 Å². The van der Waals surface area contributed by atoms with Crippen molar-refractivity contribution in [1.82, 2.24) is 36.5 Å². The molecule has 1 aromatic carbocycles. The lowest BCUT2D eigenvalue weighted by atomic mass is 10.0. The number of likely N-dealkylation sites (tertiary alicyclic amines) is 1. The summed E-state index contributed by atoms with van der Waals surface area (Å²) in [5.74, 6) is -10.2.